The van der Waals surface area contributed by atoms with Crippen LogP contribution in [0.25, 0.3) is 5.76 Å². The van der Waals surface area contributed by atoms with Crippen LogP contribution in [0.5, 0.6) is 11.5 Å². The number of amides is 1. The highest BCUT2D eigenvalue weighted by Crippen LogP contribution is 2.38. The van der Waals surface area contributed by atoms with Gasteiger partial charge in [0.2, 0.25) is 5.75 Å². The van der Waals surface area contributed by atoms with Crippen molar-refractivity contribution >= 4 is 17.4 Å². The third-order valence-electron chi connectivity index (χ3n) is 3.29. The molecule has 0 bridgehead atoms. The van der Waals surface area contributed by atoms with E-state index in [1.54, 1.807) is 6.07 Å². The van der Waals surface area contributed by atoms with Gasteiger partial charge in [0, 0.05) is 38.9 Å². The summed E-state index contributed by atoms with van der Waals surface area (Å²) in [6, 6.07) is 3.11. The van der Waals surface area contributed by atoms with Crippen LogP contribution in [0.3, 0.4) is 0 Å². The fourth-order valence-electron chi connectivity index (χ4n) is 1.96. The van der Waals surface area contributed by atoms with Gasteiger partial charge < -0.3 is 25.0 Å². The summed E-state index contributed by atoms with van der Waals surface area (Å²) >= 11 is 0. The average Bonchev–Trinajstić information content (AvgIpc) is 2.57. The lowest BCUT2D eigenvalue weighted by molar-refractivity contribution is -0.386. The lowest BCUT2D eigenvalue weighted by atomic mass is 10.1. The minimum absolute atomic E-state index is 0.256. The van der Waals surface area contributed by atoms with E-state index in [-0.39, 0.29) is 12.1 Å². The second-order valence-electron chi connectivity index (χ2n) is 5.03. The van der Waals surface area contributed by atoms with E-state index in [9.17, 15) is 30.2 Å². The molecule has 1 aromatic carbocycles. The first-order valence-corrected chi connectivity index (χ1v) is 7.03. The van der Waals surface area contributed by atoms with Crippen molar-refractivity contribution in [3.05, 3.63) is 33.4 Å². The highest BCUT2D eigenvalue weighted by Gasteiger charge is 2.24. The molecule has 0 aliphatic heterocycles. The number of likely N-dealkylation sites (N-methyl/N-ethyl adjacent to an activating group) is 1. The zero-order valence-corrected chi connectivity index (χ0v) is 13.6. The van der Waals surface area contributed by atoms with Crippen molar-refractivity contribution < 1.29 is 29.8 Å². The van der Waals surface area contributed by atoms with Gasteiger partial charge in [0.1, 0.15) is 11.8 Å². The molecular formula is C15H17N3O7. The molecule has 0 spiro atoms. The van der Waals surface area contributed by atoms with Crippen molar-refractivity contribution in [1.82, 2.24) is 4.90 Å². The maximum atomic E-state index is 12.3. The van der Waals surface area contributed by atoms with Gasteiger partial charge in [-0.1, -0.05) is 0 Å². The first-order valence-electron chi connectivity index (χ1n) is 7.03. The van der Waals surface area contributed by atoms with Gasteiger partial charge in [-0.25, -0.2) is 0 Å². The zero-order valence-electron chi connectivity index (χ0n) is 13.6. The monoisotopic (exact) mass is 351 g/mol. The van der Waals surface area contributed by atoms with E-state index in [1.807, 2.05) is 0 Å². The number of hydrogen-bond acceptors (Lipinski definition) is 8. The van der Waals surface area contributed by atoms with Crippen LogP contribution in [0.2, 0.25) is 0 Å². The van der Waals surface area contributed by atoms with Crippen molar-refractivity contribution in [2.75, 3.05) is 27.3 Å². The second-order valence-corrected chi connectivity index (χ2v) is 5.03. The zero-order chi connectivity index (χ0) is 19.1. The van der Waals surface area contributed by atoms with Crippen LogP contribution >= 0.6 is 0 Å². The Bertz CT molecular complexity index is 752. The molecule has 0 atom stereocenters. The molecular weight excluding hydrogens is 334 g/mol. The van der Waals surface area contributed by atoms with E-state index >= 15 is 0 Å². The Hall–Kier alpha value is -3.32. The number of nitrogens with zero attached hydrogens (tertiary/aromatic N) is 3. The van der Waals surface area contributed by atoms with Crippen molar-refractivity contribution in [2.45, 2.75) is 6.42 Å². The van der Waals surface area contributed by atoms with E-state index in [1.165, 1.54) is 19.1 Å². The summed E-state index contributed by atoms with van der Waals surface area (Å²) in [6.07, 6.45) is 0.504. The van der Waals surface area contributed by atoms with Gasteiger partial charge in [-0.2, -0.15) is 5.26 Å². The maximum absolute atomic E-state index is 12.3. The molecule has 0 radical (unpaired) electrons. The van der Waals surface area contributed by atoms with Crippen molar-refractivity contribution in [3.8, 4) is 17.6 Å². The molecule has 25 heavy (non-hydrogen) atoms. The average molecular weight is 351 g/mol. The highest BCUT2D eigenvalue weighted by molar-refractivity contribution is 6.03. The van der Waals surface area contributed by atoms with Gasteiger partial charge >= 0.3 is 5.69 Å². The first-order chi connectivity index (χ1) is 11.7. The van der Waals surface area contributed by atoms with Gasteiger partial charge in [-0.3, -0.25) is 14.9 Å². The van der Waals surface area contributed by atoms with E-state index in [4.69, 9.17) is 10.00 Å². The number of aromatic hydroxyl groups is 2. The Balaban J connectivity index is 3.27. The number of nitro groups is 1. The van der Waals surface area contributed by atoms with Gasteiger partial charge in [0.05, 0.1) is 4.92 Å². The van der Waals surface area contributed by atoms with Crippen LogP contribution < -0.4 is 0 Å². The molecule has 1 amide bonds. The summed E-state index contributed by atoms with van der Waals surface area (Å²) in [7, 11) is 2.91. The fourth-order valence-corrected chi connectivity index (χ4v) is 1.96. The number of nitro benzene ring substituents is 1. The second kappa shape index (κ2) is 8.51. The summed E-state index contributed by atoms with van der Waals surface area (Å²) in [6.45, 7) is 0.652. The number of aliphatic hydroxyl groups is 1. The molecule has 0 fully saturated rings. The van der Waals surface area contributed by atoms with Gasteiger partial charge in [-0.05, 0) is 12.5 Å². The number of methoxy groups -OCH3 is 1. The van der Waals surface area contributed by atoms with Crippen LogP contribution in [0.15, 0.2) is 17.7 Å². The van der Waals surface area contributed by atoms with Gasteiger partial charge in [0.15, 0.2) is 11.3 Å². The summed E-state index contributed by atoms with van der Waals surface area (Å²) < 4.78 is 4.86. The molecule has 134 valence electrons. The number of benzene rings is 1. The molecule has 0 saturated carbocycles. The molecule has 0 aliphatic carbocycles. The molecule has 0 saturated heterocycles. The van der Waals surface area contributed by atoms with E-state index in [0.717, 1.165) is 12.1 Å². The van der Waals surface area contributed by atoms with Crippen LogP contribution in [0, 0.1) is 21.4 Å². The Kier molecular flexibility index (Phi) is 6.71. The van der Waals surface area contributed by atoms with E-state index in [2.05, 4.69) is 0 Å². The molecule has 0 aromatic heterocycles. The highest BCUT2D eigenvalue weighted by atomic mass is 16.6. The number of aliphatic hydroxyl groups excluding tert-OH is 1. The van der Waals surface area contributed by atoms with Crippen molar-refractivity contribution in [1.29, 1.82) is 5.26 Å². The number of hydrogen-bond donors (Lipinski definition) is 3. The number of carbonyl (C=O) groups excluding carboxylic acids is 1. The molecule has 1 aromatic rings. The van der Waals surface area contributed by atoms with Crippen LogP contribution in [0.4, 0.5) is 5.69 Å². The number of rotatable bonds is 7. The summed E-state index contributed by atoms with van der Waals surface area (Å²) in [5.41, 5.74) is -1.88. The Morgan fingerprint density at radius 1 is 1.44 bits per heavy atom. The minimum atomic E-state index is -0.983. The smallest absolute Gasteiger partial charge is 0.315 e. The predicted molar refractivity (Wildman–Crippen MR) is 85.7 cm³/mol. The lowest BCUT2D eigenvalue weighted by Crippen LogP contribution is -2.30. The van der Waals surface area contributed by atoms with Crippen LogP contribution in [-0.2, 0) is 9.53 Å². The normalized spacial score (nSPS) is 11.4. The third-order valence-corrected chi connectivity index (χ3v) is 3.29. The Labute approximate surface area is 142 Å². The molecule has 0 aliphatic rings. The molecule has 10 nitrogen and oxygen atoms in total. The Morgan fingerprint density at radius 3 is 2.60 bits per heavy atom. The predicted octanol–water partition coefficient (Wildman–Crippen LogP) is 1.29. The first kappa shape index (κ1) is 19.7. The Morgan fingerprint density at radius 2 is 2.08 bits per heavy atom. The van der Waals surface area contributed by atoms with E-state index < -0.39 is 39.3 Å². The van der Waals surface area contributed by atoms with Gasteiger partial charge in [0.25, 0.3) is 5.91 Å². The molecule has 1 rings (SSSR count). The topological polar surface area (TPSA) is 157 Å². The third kappa shape index (κ3) is 4.58. The van der Waals surface area contributed by atoms with Crippen molar-refractivity contribution in [2.24, 2.45) is 0 Å². The number of nitriles is 1. The summed E-state index contributed by atoms with van der Waals surface area (Å²) in [5.74, 6) is -3.49. The minimum Gasteiger partial charge on any atom is -0.506 e. The van der Waals surface area contributed by atoms with Crippen LogP contribution in [-0.4, -0.2) is 58.4 Å². The summed E-state index contributed by atoms with van der Waals surface area (Å²) in [5, 5.41) is 49.2. The van der Waals surface area contributed by atoms with Gasteiger partial charge in [-0.15, -0.1) is 0 Å². The quantitative estimate of drug-likeness (QED) is 0.126. The van der Waals surface area contributed by atoms with Crippen molar-refractivity contribution in [3.63, 3.8) is 0 Å². The fraction of sp³-hybridized carbons (Fsp3) is 0.333. The molecule has 10 heteroatoms. The standard InChI is InChI=1S/C15H17N3O7/c1-17(4-3-5-25-2)15(22)10(8-16)13(20)9-6-11(18(23)24)14(21)12(19)7-9/h6-7,19-21H,3-5H2,1-2H3/b13-10-. The number of ether oxygens (including phenoxy) is 1. The molecule has 3 N–H and O–H groups in total. The number of carbonyl (C=O) groups is 1. The largest absolute Gasteiger partial charge is 0.506 e. The SMILES string of the molecule is COCCCN(C)C(=O)/C(C#N)=C(\O)c1cc(O)c(O)c([N+](=O)[O-])c1. The van der Waals surface area contributed by atoms with E-state index in [0.29, 0.717) is 13.0 Å². The summed E-state index contributed by atoms with van der Waals surface area (Å²) in [4.78, 5) is 23.3. The number of phenols is 2. The maximum Gasteiger partial charge on any atom is 0.315 e. The lowest BCUT2D eigenvalue weighted by Gasteiger charge is -2.17. The number of phenolic OH excluding ortho intramolecular Hbond substituents is 2. The molecule has 0 unspecified atom stereocenters. The van der Waals surface area contributed by atoms with Crippen LogP contribution in [0.1, 0.15) is 12.0 Å². The molecule has 0 heterocycles.